The minimum atomic E-state index is -4.02. The first-order chi connectivity index (χ1) is 12.2. The van der Waals surface area contributed by atoms with Gasteiger partial charge >= 0.3 is 0 Å². The molecule has 0 heterocycles. The standard InChI is InChI=1S/C18H16ClNO5S/c1-12(18(22)23)20-26(24,25)16-9-5-14(6-10-16)17(21)11-4-13-2-7-15(19)8-3-13/h2-12,20H,1H3,(H,22,23)/p-1/b11-4+/t12-/m0/s1. The van der Waals surface area contributed by atoms with Gasteiger partial charge in [0.2, 0.25) is 10.0 Å². The van der Waals surface area contributed by atoms with Crippen LogP contribution in [-0.2, 0) is 14.8 Å². The van der Waals surface area contributed by atoms with E-state index >= 15 is 0 Å². The maximum Gasteiger partial charge on any atom is 0.241 e. The zero-order valence-electron chi connectivity index (χ0n) is 13.7. The van der Waals surface area contributed by atoms with Gasteiger partial charge in [0.05, 0.1) is 16.9 Å². The second-order valence-corrected chi connectivity index (χ2v) is 7.59. The van der Waals surface area contributed by atoms with Crippen LogP contribution < -0.4 is 9.83 Å². The molecule has 2 aromatic rings. The number of aliphatic carboxylic acids is 1. The highest BCUT2D eigenvalue weighted by molar-refractivity contribution is 7.89. The van der Waals surface area contributed by atoms with Crippen LogP contribution in [-0.4, -0.2) is 26.2 Å². The Bertz CT molecular complexity index is 935. The molecule has 8 heteroatoms. The SMILES string of the molecule is C[C@H](NS(=O)(=O)c1ccc(C(=O)/C=C/c2ccc(Cl)cc2)cc1)C(=O)[O-]. The second-order valence-electron chi connectivity index (χ2n) is 5.44. The molecule has 0 aliphatic carbocycles. The van der Waals surface area contributed by atoms with Crippen molar-refractivity contribution in [1.29, 1.82) is 0 Å². The Labute approximate surface area is 156 Å². The molecule has 0 aliphatic heterocycles. The van der Waals surface area contributed by atoms with Crippen LogP contribution in [0.2, 0.25) is 5.02 Å². The third-order valence-corrected chi connectivity index (χ3v) is 5.24. The maximum absolute atomic E-state index is 12.1. The number of ketones is 1. The van der Waals surface area contributed by atoms with Gasteiger partial charge < -0.3 is 9.90 Å². The zero-order chi connectivity index (χ0) is 19.3. The number of carbonyl (C=O) groups is 2. The van der Waals surface area contributed by atoms with Gasteiger partial charge in [0.15, 0.2) is 5.78 Å². The van der Waals surface area contributed by atoms with E-state index in [-0.39, 0.29) is 10.7 Å². The van der Waals surface area contributed by atoms with E-state index in [4.69, 9.17) is 11.6 Å². The minimum Gasteiger partial charge on any atom is -0.548 e. The Morgan fingerprint density at radius 1 is 1.08 bits per heavy atom. The van der Waals surface area contributed by atoms with Gasteiger partial charge in [0, 0.05) is 10.6 Å². The molecule has 0 radical (unpaired) electrons. The minimum absolute atomic E-state index is 0.149. The third-order valence-electron chi connectivity index (χ3n) is 3.43. The Morgan fingerprint density at radius 2 is 1.65 bits per heavy atom. The van der Waals surface area contributed by atoms with Crippen molar-refractivity contribution >= 4 is 39.5 Å². The highest BCUT2D eigenvalue weighted by atomic mass is 35.5. The van der Waals surface area contributed by atoms with Crippen molar-refractivity contribution in [3.8, 4) is 0 Å². The molecule has 1 N–H and O–H groups in total. The molecule has 2 rings (SSSR count). The number of carboxylic acid groups (broad SMARTS) is 1. The Morgan fingerprint density at radius 3 is 2.19 bits per heavy atom. The lowest BCUT2D eigenvalue weighted by Crippen LogP contribution is -2.45. The molecule has 2 aromatic carbocycles. The number of allylic oxidation sites excluding steroid dienone is 1. The first-order valence-electron chi connectivity index (χ1n) is 7.50. The average Bonchev–Trinajstić information content (AvgIpc) is 2.60. The van der Waals surface area contributed by atoms with Crippen molar-refractivity contribution in [3.05, 3.63) is 70.8 Å². The number of carbonyl (C=O) groups excluding carboxylic acids is 2. The Kier molecular flexibility index (Phi) is 6.31. The van der Waals surface area contributed by atoms with Gasteiger partial charge in [-0.1, -0.05) is 29.8 Å². The molecule has 0 saturated carbocycles. The Hall–Kier alpha value is -2.48. The van der Waals surface area contributed by atoms with Gasteiger partial charge in [-0.05, 0) is 55.0 Å². The van der Waals surface area contributed by atoms with Crippen LogP contribution in [0.15, 0.2) is 59.5 Å². The van der Waals surface area contributed by atoms with Crippen molar-refractivity contribution in [2.45, 2.75) is 17.9 Å². The highest BCUT2D eigenvalue weighted by Crippen LogP contribution is 2.14. The van der Waals surface area contributed by atoms with E-state index in [0.717, 1.165) is 12.5 Å². The summed E-state index contributed by atoms with van der Waals surface area (Å²) in [7, 11) is -4.02. The van der Waals surface area contributed by atoms with Crippen LogP contribution in [0, 0.1) is 0 Å². The summed E-state index contributed by atoms with van der Waals surface area (Å²) in [5.74, 6) is -1.84. The monoisotopic (exact) mass is 392 g/mol. The van der Waals surface area contributed by atoms with Gasteiger partial charge in [-0.15, -0.1) is 0 Å². The molecular weight excluding hydrogens is 378 g/mol. The van der Waals surface area contributed by atoms with Gasteiger partial charge in [0.25, 0.3) is 0 Å². The van der Waals surface area contributed by atoms with Crippen molar-refractivity contribution in [1.82, 2.24) is 4.72 Å². The molecule has 6 nitrogen and oxygen atoms in total. The van der Waals surface area contributed by atoms with E-state index in [9.17, 15) is 23.1 Å². The smallest absolute Gasteiger partial charge is 0.241 e. The lowest BCUT2D eigenvalue weighted by molar-refractivity contribution is -0.307. The molecule has 0 saturated heterocycles. The summed E-state index contributed by atoms with van der Waals surface area (Å²) in [6, 6.07) is 10.7. The van der Waals surface area contributed by atoms with E-state index < -0.39 is 22.0 Å². The third kappa shape index (κ3) is 5.26. The lowest BCUT2D eigenvalue weighted by Gasteiger charge is -2.14. The Balaban J connectivity index is 2.12. The molecule has 26 heavy (non-hydrogen) atoms. The molecule has 0 bridgehead atoms. The van der Waals surface area contributed by atoms with E-state index in [1.807, 2.05) is 4.72 Å². The summed E-state index contributed by atoms with van der Waals surface area (Å²) in [6.07, 6.45) is 2.98. The number of rotatable bonds is 7. The number of hydrogen-bond acceptors (Lipinski definition) is 5. The van der Waals surface area contributed by atoms with E-state index in [1.165, 1.54) is 30.3 Å². The molecule has 0 unspecified atom stereocenters. The second kappa shape index (κ2) is 8.27. The van der Waals surface area contributed by atoms with Gasteiger partial charge in [-0.2, -0.15) is 0 Å². The van der Waals surface area contributed by atoms with Crippen LogP contribution in [0.5, 0.6) is 0 Å². The van der Waals surface area contributed by atoms with Crippen LogP contribution in [0.1, 0.15) is 22.8 Å². The fourth-order valence-corrected chi connectivity index (χ4v) is 3.31. The number of sulfonamides is 1. The predicted octanol–water partition coefficient (Wildman–Crippen LogP) is 1.65. The quantitative estimate of drug-likeness (QED) is 0.570. The van der Waals surface area contributed by atoms with Gasteiger partial charge in [-0.3, -0.25) is 4.79 Å². The topological polar surface area (TPSA) is 103 Å². The largest absolute Gasteiger partial charge is 0.548 e. The molecule has 1 atom stereocenters. The lowest BCUT2D eigenvalue weighted by atomic mass is 10.1. The summed E-state index contributed by atoms with van der Waals surface area (Å²) in [5, 5.41) is 11.3. The molecule has 136 valence electrons. The fourth-order valence-electron chi connectivity index (χ4n) is 1.99. The van der Waals surface area contributed by atoms with Crippen molar-refractivity contribution in [2.75, 3.05) is 0 Å². The first kappa shape index (κ1) is 19.8. The predicted molar refractivity (Wildman–Crippen MR) is 96.0 cm³/mol. The summed E-state index contributed by atoms with van der Waals surface area (Å²) in [5.41, 5.74) is 1.09. The number of carboxylic acids is 1. The maximum atomic E-state index is 12.1. The van der Waals surface area contributed by atoms with E-state index in [0.29, 0.717) is 10.6 Å². The summed E-state index contributed by atoms with van der Waals surface area (Å²) in [4.78, 5) is 22.7. The van der Waals surface area contributed by atoms with Crippen LogP contribution >= 0.6 is 11.6 Å². The number of hydrogen-bond donors (Lipinski definition) is 1. The fraction of sp³-hybridized carbons (Fsp3) is 0.111. The number of halogens is 1. The normalized spacial score (nSPS) is 12.8. The molecule has 0 aliphatic rings. The number of benzene rings is 2. The molecule has 0 spiro atoms. The number of nitrogens with one attached hydrogen (secondary N) is 1. The van der Waals surface area contributed by atoms with Gasteiger partial charge in [0.1, 0.15) is 0 Å². The average molecular weight is 393 g/mol. The first-order valence-corrected chi connectivity index (χ1v) is 9.36. The van der Waals surface area contributed by atoms with Crippen molar-refractivity contribution in [2.24, 2.45) is 0 Å². The van der Waals surface area contributed by atoms with Crippen molar-refractivity contribution < 1.29 is 23.1 Å². The summed E-state index contributed by atoms with van der Waals surface area (Å²) < 4.78 is 26.1. The molecular formula is C18H15ClNO5S-. The summed E-state index contributed by atoms with van der Waals surface area (Å²) >= 11 is 5.79. The van der Waals surface area contributed by atoms with Crippen molar-refractivity contribution in [3.63, 3.8) is 0 Å². The van der Waals surface area contributed by atoms with E-state index in [2.05, 4.69) is 0 Å². The van der Waals surface area contributed by atoms with Crippen LogP contribution in [0.25, 0.3) is 6.08 Å². The van der Waals surface area contributed by atoms with E-state index in [1.54, 1.807) is 30.3 Å². The summed E-state index contributed by atoms with van der Waals surface area (Å²) in [6.45, 7) is 1.16. The highest BCUT2D eigenvalue weighted by Gasteiger charge is 2.18. The molecule has 0 aromatic heterocycles. The zero-order valence-corrected chi connectivity index (χ0v) is 15.3. The van der Waals surface area contributed by atoms with Crippen LogP contribution in [0.4, 0.5) is 0 Å². The van der Waals surface area contributed by atoms with Crippen LogP contribution in [0.3, 0.4) is 0 Å². The molecule has 0 amide bonds. The molecule has 0 fully saturated rings. The van der Waals surface area contributed by atoms with Gasteiger partial charge in [-0.25, -0.2) is 13.1 Å².